The standard InChI is InChI=1S/C13H22N2OS/c1-8-7-12(5-6-16-8)14-9(2)13-10(3)17-11(4)15-13/h8-9,12,14H,5-7H2,1-4H3. The summed E-state index contributed by atoms with van der Waals surface area (Å²) in [5.41, 5.74) is 1.21. The second-order valence-electron chi connectivity index (χ2n) is 4.97. The van der Waals surface area contributed by atoms with Gasteiger partial charge in [-0.05, 0) is 40.5 Å². The van der Waals surface area contributed by atoms with Crippen LogP contribution in [0.5, 0.6) is 0 Å². The topological polar surface area (TPSA) is 34.2 Å². The summed E-state index contributed by atoms with van der Waals surface area (Å²) in [5.74, 6) is 0. The van der Waals surface area contributed by atoms with Crippen LogP contribution in [0, 0.1) is 13.8 Å². The molecule has 3 unspecified atom stereocenters. The maximum Gasteiger partial charge on any atom is 0.0900 e. The van der Waals surface area contributed by atoms with Crippen molar-refractivity contribution in [3.63, 3.8) is 0 Å². The van der Waals surface area contributed by atoms with E-state index in [0.717, 1.165) is 24.5 Å². The number of aromatic nitrogens is 1. The summed E-state index contributed by atoms with van der Waals surface area (Å²) in [4.78, 5) is 5.96. The molecular weight excluding hydrogens is 232 g/mol. The summed E-state index contributed by atoms with van der Waals surface area (Å²) in [6.07, 6.45) is 2.59. The second-order valence-corrected chi connectivity index (χ2v) is 6.37. The Kier molecular flexibility index (Phi) is 4.17. The molecule has 4 heteroatoms. The molecule has 1 saturated heterocycles. The van der Waals surface area contributed by atoms with Gasteiger partial charge in [0.15, 0.2) is 0 Å². The van der Waals surface area contributed by atoms with E-state index in [0.29, 0.717) is 18.2 Å². The fourth-order valence-electron chi connectivity index (χ4n) is 2.53. The van der Waals surface area contributed by atoms with Gasteiger partial charge in [0.1, 0.15) is 0 Å². The number of hydrogen-bond donors (Lipinski definition) is 1. The maximum absolute atomic E-state index is 5.57. The lowest BCUT2D eigenvalue weighted by molar-refractivity contribution is 0.0115. The van der Waals surface area contributed by atoms with Gasteiger partial charge in [-0.15, -0.1) is 11.3 Å². The first-order chi connectivity index (χ1) is 8.06. The Hall–Kier alpha value is -0.450. The number of ether oxygens (including phenoxy) is 1. The van der Waals surface area contributed by atoms with Crippen LogP contribution in [0.25, 0.3) is 0 Å². The summed E-state index contributed by atoms with van der Waals surface area (Å²) in [6.45, 7) is 9.47. The fourth-order valence-corrected chi connectivity index (χ4v) is 3.44. The van der Waals surface area contributed by atoms with E-state index in [-0.39, 0.29) is 0 Å². The lowest BCUT2D eigenvalue weighted by Gasteiger charge is -2.30. The third kappa shape index (κ3) is 3.27. The molecule has 0 radical (unpaired) electrons. The van der Waals surface area contributed by atoms with Gasteiger partial charge in [-0.25, -0.2) is 4.98 Å². The van der Waals surface area contributed by atoms with Gasteiger partial charge in [0, 0.05) is 23.6 Å². The molecule has 0 spiro atoms. The van der Waals surface area contributed by atoms with E-state index in [1.54, 1.807) is 11.3 Å². The van der Waals surface area contributed by atoms with Crippen LogP contribution in [-0.2, 0) is 4.74 Å². The quantitative estimate of drug-likeness (QED) is 0.900. The first kappa shape index (κ1) is 13.0. The van der Waals surface area contributed by atoms with Crippen LogP contribution < -0.4 is 5.32 Å². The summed E-state index contributed by atoms with van der Waals surface area (Å²) < 4.78 is 5.57. The molecule has 1 aliphatic rings. The zero-order chi connectivity index (χ0) is 12.4. The third-order valence-electron chi connectivity index (χ3n) is 3.32. The van der Waals surface area contributed by atoms with E-state index in [1.165, 1.54) is 10.6 Å². The molecule has 0 amide bonds. The minimum atomic E-state index is 0.343. The van der Waals surface area contributed by atoms with E-state index < -0.39 is 0 Å². The van der Waals surface area contributed by atoms with Crippen molar-refractivity contribution in [2.45, 2.75) is 58.7 Å². The number of hydrogen-bond acceptors (Lipinski definition) is 4. The van der Waals surface area contributed by atoms with Crippen LogP contribution >= 0.6 is 11.3 Å². The first-order valence-corrected chi connectivity index (χ1v) is 7.19. The average Bonchev–Trinajstić information content (AvgIpc) is 2.58. The highest BCUT2D eigenvalue weighted by Crippen LogP contribution is 2.24. The number of nitrogens with one attached hydrogen (secondary N) is 1. The molecule has 1 fully saturated rings. The number of rotatable bonds is 3. The largest absolute Gasteiger partial charge is 0.378 e. The zero-order valence-electron chi connectivity index (χ0n) is 11.1. The second kappa shape index (κ2) is 5.46. The molecule has 1 aliphatic heterocycles. The third-order valence-corrected chi connectivity index (χ3v) is 4.22. The predicted molar refractivity (Wildman–Crippen MR) is 71.6 cm³/mol. The van der Waals surface area contributed by atoms with Gasteiger partial charge in [-0.1, -0.05) is 0 Å². The van der Waals surface area contributed by atoms with Crippen molar-refractivity contribution < 1.29 is 4.74 Å². The monoisotopic (exact) mass is 254 g/mol. The molecule has 17 heavy (non-hydrogen) atoms. The van der Waals surface area contributed by atoms with Gasteiger partial charge < -0.3 is 10.1 Å². The van der Waals surface area contributed by atoms with Crippen LogP contribution in [0.4, 0.5) is 0 Å². The van der Waals surface area contributed by atoms with Crippen molar-refractivity contribution in [3.8, 4) is 0 Å². The van der Waals surface area contributed by atoms with Gasteiger partial charge in [-0.3, -0.25) is 0 Å². The van der Waals surface area contributed by atoms with Crippen molar-refractivity contribution in [2.75, 3.05) is 6.61 Å². The van der Waals surface area contributed by atoms with Gasteiger partial charge in [0.2, 0.25) is 0 Å². The van der Waals surface area contributed by atoms with E-state index in [1.807, 2.05) is 0 Å². The van der Waals surface area contributed by atoms with Gasteiger partial charge in [-0.2, -0.15) is 0 Å². The SMILES string of the molecule is Cc1nc(C(C)NC2CCOC(C)C2)c(C)s1. The highest BCUT2D eigenvalue weighted by atomic mass is 32.1. The molecule has 2 rings (SSSR count). The summed E-state index contributed by atoms with van der Waals surface area (Å²) >= 11 is 1.78. The molecule has 0 aliphatic carbocycles. The predicted octanol–water partition coefficient (Wildman–Crippen LogP) is 2.98. The minimum absolute atomic E-state index is 0.343. The Morgan fingerprint density at radius 3 is 2.82 bits per heavy atom. The molecule has 96 valence electrons. The first-order valence-electron chi connectivity index (χ1n) is 6.38. The Bertz CT molecular complexity index is 377. The van der Waals surface area contributed by atoms with E-state index in [9.17, 15) is 0 Å². The molecular formula is C13H22N2OS. The maximum atomic E-state index is 5.57. The van der Waals surface area contributed by atoms with Crippen LogP contribution in [0.2, 0.25) is 0 Å². The number of nitrogens with zero attached hydrogens (tertiary/aromatic N) is 1. The molecule has 1 N–H and O–H groups in total. The highest BCUT2D eigenvalue weighted by Gasteiger charge is 2.22. The van der Waals surface area contributed by atoms with Crippen molar-refractivity contribution in [1.82, 2.24) is 10.3 Å². The molecule has 1 aromatic heterocycles. The minimum Gasteiger partial charge on any atom is -0.378 e. The van der Waals surface area contributed by atoms with E-state index in [2.05, 4.69) is 38.0 Å². The highest BCUT2D eigenvalue weighted by molar-refractivity contribution is 7.11. The average molecular weight is 254 g/mol. The van der Waals surface area contributed by atoms with Crippen molar-refractivity contribution in [1.29, 1.82) is 0 Å². The van der Waals surface area contributed by atoms with Crippen LogP contribution in [0.1, 0.15) is 48.3 Å². The Morgan fingerprint density at radius 1 is 1.47 bits per heavy atom. The van der Waals surface area contributed by atoms with Gasteiger partial charge in [0.25, 0.3) is 0 Å². The normalized spacial score (nSPS) is 27.1. The number of thiazole rings is 1. The lowest BCUT2D eigenvalue weighted by Crippen LogP contribution is -2.39. The van der Waals surface area contributed by atoms with Crippen molar-refractivity contribution >= 4 is 11.3 Å². The zero-order valence-corrected chi connectivity index (χ0v) is 11.9. The molecule has 1 aromatic rings. The van der Waals surface area contributed by atoms with Crippen molar-refractivity contribution in [3.05, 3.63) is 15.6 Å². The summed E-state index contributed by atoms with van der Waals surface area (Å²) in [7, 11) is 0. The number of aryl methyl sites for hydroxylation is 2. The Labute approximate surface area is 108 Å². The van der Waals surface area contributed by atoms with Gasteiger partial charge >= 0.3 is 0 Å². The fraction of sp³-hybridized carbons (Fsp3) is 0.769. The van der Waals surface area contributed by atoms with E-state index in [4.69, 9.17) is 4.74 Å². The molecule has 0 saturated carbocycles. The molecule has 3 nitrogen and oxygen atoms in total. The van der Waals surface area contributed by atoms with Crippen molar-refractivity contribution in [2.24, 2.45) is 0 Å². The Balaban J connectivity index is 1.96. The summed E-state index contributed by atoms with van der Waals surface area (Å²) in [5, 5.41) is 4.84. The van der Waals surface area contributed by atoms with Crippen LogP contribution in [0.3, 0.4) is 0 Å². The lowest BCUT2D eigenvalue weighted by atomic mass is 10.0. The smallest absolute Gasteiger partial charge is 0.0900 e. The molecule has 0 aromatic carbocycles. The van der Waals surface area contributed by atoms with Gasteiger partial charge in [0.05, 0.1) is 16.8 Å². The summed E-state index contributed by atoms with van der Waals surface area (Å²) in [6, 6.07) is 0.908. The Morgan fingerprint density at radius 2 is 2.24 bits per heavy atom. The molecule has 2 heterocycles. The van der Waals surface area contributed by atoms with E-state index >= 15 is 0 Å². The van der Waals surface area contributed by atoms with Crippen LogP contribution in [0.15, 0.2) is 0 Å². The molecule has 0 bridgehead atoms. The van der Waals surface area contributed by atoms with Crippen LogP contribution in [-0.4, -0.2) is 23.7 Å². The molecule has 3 atom stereocenters.